The van der Waals surface area contributed by atoms with Gasteiger partial charge in [0.1, 0.15) is 6.29 Å². The molecule has 1 fully saturated rings. The van der Waals surface area contributed by atoms with Crippen molar-refractivity contribution in [1.29, 1.82) is 0 Å². The van der Waals surface area contributed by atoms with Gasteiger partial charge in [0, 0.05) is 5.92 Å². The predicted molar refractivity (Wildman–Crippen MR) is 47.7 cm³/mol. The zero-order valence-electron chi connectivity index (χ0n) is 7.86. The highest BCUT2D eigenvalue weighted by atomic mass is 16.3. The molecule has 0 aliphatic heterocycles. The van der Waals surface area contributed by atoms with E-state index in [1.165, 1.54) is 0 Å². The monoisotopic (exact) mass is 170 g/mol. The van der Waals surface area contributed by atoms with E-state index in [4.69, 9.17) is 0 Å². The van der Waals surface area contributed by atoms with Gasteiger partial charge < -0.3 is 9.90 Å². The fraction of sp³-hybridized carbons (Fsp3) is 0.900. The SMILES string of the molecule is C[C@@H]1CC[C@@H]([C@H](C)C=O)[C@H](O)C1. The molecule has 2 nitrogen and oxygen atoms in total. The largest absolute Gasteiger partial charge is 0.393 e. The molecule has 0 aromatic carbocycles. The molecule has 0 heterocycles. The third-order valence-corrected chi connectivity index (χ3v) is 3.02. The van der Waals surface area contributed by atoms with Crippen molar-refractivity contribution in [2.24, 2.45) is 17.8 Å². The molecule has 1 N–H and O–H groups in total. The Morgan fingerprint density at radius 1 is 1.50 bits per heavy atom. The van der Waals surface area contributed by atoms with Crippen LogP contribution in [-0.4, -0.2) is 17.5 Å². The van der Waals surface area contributed by atoms with Crippen LogP contribution in [0.2, 0.25) is 0 Å². The van der Waals surface area contributed by atoms with Gasteiger partial charge in [0.25, 0.3) is 0 Å². The van der Waals surface area contributed by atoms with Gasteiger partial charge in [-0.05, 0) is 24.7 Å². The number of rotatable bonds is 2. The van der Waals surface area contributed by atoms with Gasteiger partial charge in [-0.15, -0.1) is 0 Å². The summed E-state index contributed by atoms with van der Waals surface area (Å²) in [5, 5.41) is 9.68. The standard InChI is InChI=1S/C10H18O2/c1-7-3-4-9(8(2)6-11)10(12)5-7/h6-10,12H,3-5H2,1-2H3/t7-,8-,9+,10-/m1/s1. The predicted octanol–water partition coefficient (Wildman–Crippen LogP) is 1.62. The van der Waals surface area contributed by atoms with Crippen LogP contribution in [0.15, 0.2) is 0 Å². The van der Waals surface area contributed by atoms with Crippen molar-refractivity contribution < 1.29 is 9.90 Å². The number of hydrogen-bond donors (Lipinski definition) is 1. The van der Waals surface area contributed by atoms with Crippen LogP contribution in [0.25, 0.3) is 0 Å². The molecular formula is C10H18O2. The normalized spacial score (nSPS) is 39.1. The summed E-state index contributed by atoms with van der Waals surface area (Å²) in [6, 6.07) is 0. The third-order valence-electron chi connectivity index (χ3n) is 3.02. The van der Waals surface area contributed by atoms with E-state index in [1.807, 2.05) is 6.92 Å². The second-order valence-electron chi connectivity index (χ2n) is 4.14. The molecule has 0 saturated heterocycles. The Morgan fingerprint density at radius 3 is 2.67 bits per heavy atom. The van der Waals surface area contributed by atoms with Crippen molar-refractivity contribution >= 4 is 6.29 Å². The van der Waals surface area contributed by atoms with Gasteiger partial charge in [-0.3, -0.25) is 0 Å². The summed E-state index contributed by atoms with van der Waals surface area (Å²) in [5.74, 6) is 0.848. The number of carbonyl (C=O) groups is 1. The number of aliphatic hydroxyl groups excluding tert-OH is 1. The first-order chi connectivity index (χ1) is 5.65. The molecule has 0 amide bonds. The number of hydrogen-bond acceptors (Lipinski definition) is 2. The summed E-state index contributed by atoms with van der Waals surface area (Å²) in [5.41, 5.74) is 0. The van der Waals surface area contributed by atoms with Crippen molar-refractivity contribution in [3.63, 3.8) is 0 Å². The highest BCUT2D eigenvalue weighted by molar-refractivity contribution is 5.53. The molecule has 0 bridgehead atoms. The molecule has 0 radical (unpaired) electrons. The molecule has 0 aromatic rings. The van der Waals surface area contributed by atoms with Crippen molar-refractivity contribution in [3.8, 4) is 0 Å². The van der Waals surface area contributed by atoms with Crippen LogP contribution in [0.5, 0.6) is 0 Å². The van der Waals surface area contributed by atoms with E-state index >= 15 is 0 Å². The minimum absolute atomic E-state index is 0.0208. The number of aliphatic hydroxyl groups is 1. The fourth-order valence-electron chi connectivity index (χ4n) is 2.09. The van der Waals surface area contributed by atoms with Crippen molar-refractivity contribution in [2.45, 2.75) is 39.2 Å². The smallest absolute Gasteiger partial charge is 0.123 e. The average molecular weight is 170 g/mol. The lowest BCUT2D eigenvalue weighted by atomic mass is 9.75. The van der Waals surface area contributed by atoms with E-state index in [2.05, 4.69) is 6.92 Å². The first-order valence-electron chi connectivity index (χ1n) is 4.78. The summed E-state index contributed by atoms with van der Waals surface area (Å²) < 4.78 is 0. The summed E-state index contributed by atoms with van der Waals surface area (Å²) in [4.78, 5) is 10.5. The number of aldehydes is 1. The molecule has 0 spiro atoms. The Hall–Kier alpha value is -0.370. The van der Waals surface area contributed by atoms with Crippen LogP contribution in [-0.2, 0) is 4.79 Å². The van der Waals surface area contributed by atoms with E-state index in [0.717, 1.165) is 25.5 Å². The van der Waals surface area contributed by atoms with Crippen molar-refractivity contribution in [1.82, 2.24) is 0 Å². The van der Waals surface area contributed by atoms with Gasteiger partial charge in [-0.25, -0.2) is 0 Å². The Morgan fingerprint density at radius 2 is 2.17 bits per heavy atom. The quantitative estimate of drug-likeness (QED) is 0.639. The van der Waals surface area contributed by atoms with Gasteiger partial charge in [0.15, 0.2) is 0 Å². The average Bonchev–Trinajstić information content (AvgIpc) is 2.03. The van der Waals surface area contributed by atoms with Crippen LogP contribution in [0.3, 0.4) is 0 Å². The molecule has 4 atom stereocenters. The van der Waals surface area contributed by atoms with Crippen LogP contribution in [0.4, 0.5) is 0 Å². The summed E-state index contributed by atoms with van der Waals surface area (Å²) in [7, 11) is 0. The van der Waals surface area contributed by atoms with Crippen LogP contribution in [0, 0.1) is 17.8 Å². The summed E-state index contributed by atoms with van der Waals surface area (Å²) in [6.45, 7) is 4.06. The lowest BCUT2D eigenvalue weighted by Crippen LogP contribution is -2.33. The van der Waals surface area contributed by atoms with Gasteiger partial charge in [-0.1, -0.05) is 20.3 Å². The van der Waals surface area contributed by atoms with Crippen molar-refractivity contribution in [3.05, 3.63) is 0 Å². The molecule has 2 heteroatoms. The Kier molecular flexibility index (Phi) is 3.27. The van der Waals surface area contributed by atoms with Crippen LogP contribution in [0.1, 0.15) is 33.1 Å². The molecule has 1 aliphatic carbocycles. The van der Waals surface area contributed by atoms with E-state index < -0.39 is 0 Å². The second-order valence-corrected chi connectivity index (χ2v) is 4.14. The maximum atomic E-state index is 10.5. The zero-order valence-corrected chi connectivity index (χ0v) is 7.86. The third kappa shape index (κ3) is 2.07. The Balaban J connectivity index is 2.49. The van der Waals surface area contributed by atoms with E-state index in [0.29, 0.717) is 5.92 Å². The van der Waals surface area contributed by atoms with Crippen LogP contribution < -0.4 is 0 Å². The first kappa shape index (κ1) is 9.72. The fourth-order valence-corrected chi connectivity index (χ4v) is 2.09. The van der Waals surface area contributed by atoms with Gasteiger partial charge in [-0.2, -0.15) is 0 Å². The zero-order chi connectivity index (χ0) is 9.14. The molecule has 0 aromatic heterocycles. The molecule has 1 saturated carbocycles. The molecule has 1 rings (SSSR count). The van der Waals surface area contributed by atoms with Crippen molar-refractivity contribution in [2.75, 3.05) is 0 Å². The first-order valence-corrected chi connectivity index (χ1v) is 4.78. The highest BCUT2D eigenvalue weighted by Gasteiger charge is 2.30. The lowest BCUT2D eigenvalue weighted by Gasteiger charge is -2.33. The topological polar surface area (TPSA) is 37.3 Å². The Labute approximate surface area is 74.0 Å². The van der Waals surface area contributed by atoms with Crippen LogP contribution >= 0.6 is 0 Å². The van der Waals surface area contributed by atoms with Gasteiger partial charge >= 0.3 is 0 Å². The molecule has 0 unspecified atom stereocenters. The van der Waals surface area contributed by atoms with E-state index in [1.54, 1.807) is 0 Å². The van der Waals surface area contributed by atoms with Gasteiger partial charge in [0.05, 0.1) is 6.10 Å². The molecule has 70 valence electrons. The highest BCUT2D eigenvalue weighted by Crippen LogP contribution is 2.32. The second kappa shape index (κ2) is 4.04. The van der Waals surface area contributed by atoms with E-state index in [-0.39, 0.29) is 17.9 Å². The maximum absolute atomic E-state index is 10.5. The summed E-state index contributed by atoms with van der Waals surface area (Å²) >= 11 is 0. The lowest BCUT2D eigenvalue weighted by molar-refractivity contribution is -0.114. The molecule has 12 heavy (non-hydrogen) atoms. The number of carbonyl (C=O) groups excluding carboxylic acids is 1. The maximum Gasteiger partial charge on any atom is 0.123 e. The van der Waals surface area contributed by atoms with E-state index in [9.17, 15) is 9.90 Å². The Bertz CT molecular complexity index is 156. The minimum atomic E-state index is -0.256. The summed E-state index contributed by atoms with van der Waals surface area (Å²) in [6.07, 6.45) is 3.73. The molecular weight excluding hydrogens is 152 g/mol. The molecule has 1 aliphatic rings. The minimum Gasteiger partial charge on any atom is -0.393 e. The van der Waals surface area contributed by atoms with Gasteiger partial charge in [0.2, 0.25) is 0 Å².